The maximum atomic E-state index is 3.28. The van der Waals surface area contributed by atoms with Gasteiger partial charge in [-0.15, -0.1) is 12.4 Å². The molecule has 0 aliphatic carbocycles. The lowest BCUT2D eigenvalue weighted by Crippen LogP contribution is -2.39. The zero-order valence-electron chi connectivity index (χ0n) is 7.21. The van der Waals surface area contributed by atoms with Gasteiger partial charge >= 0.3 is 0 Å². The monoisotopic (exact) mass is 183 g/mol. The Kier molecular flexibility index (Phi) is 3.12. The van der Waals surface area contributed by atoms with Crippen LogP contribution < -0.4 is 5.32 Å². The molecule has 1 aliphatic heterocycles. The van der Waals surface area contributed by atoms with Crippen LogP contribution in [0.2, 0.25) is 0 Å². The molecule has 0 spiro atoms. The highest BCUT2D eigenvalue weighted by Crippen LogP contribution is 2.19. The van der Waals surface area contributed by atoms with Gasteiger partial charge < -0.3 is 5.32 Å². The van der Waals surface area contributed by atoms with Gasteiger partial charge in [-0.05, 0) is 12.5 Å². The van der Waals surface area contributed by atoms with Gasteiger partial charge in [0.2, 0.25) is 0 Å². The highest BCUT2D eigenvalue weighted by molar-refractivity contribution is 5.85. The number of hydrogen-bond donors (Lipinski definition) is 1. The first kappa shape index (κ1) is 9.56. The Morgan fingerprint density at radius 3 is 2.58 bits per heavy atom. The van der Waals surface area contributed by atoms with E-state index in [-0.39, 0.29) is 12.4 Å². The number of halogens is 1. The van der Waals surface area contributed by atoms with Crippen LogP contribution in [0.15, 0.2) is 24.3 Å². The minimum atomic E-state index is 0. The Bertz CT molecular complexity index is 256. The van der Waals surface area contributed by atoms with E-state index in [0.717, 1.165) is 19.0 Å². The summed E-state index contributed by atoms with van der Waals surface area (Å²) in [5.41, 5.74) is 2.86. The molecule has 0 bridgehead atoms. The molecule has 66 valence electrons. The summed E-state index contributed by atoms with van der Waals surface area (Å²) in [6.45, 7) is 4.46. The van der Waals surface area contributed by atoms with Crippen molar-refractivity contribution in [2.45, 2.75) is 12.8 Å². The van der Waals surface area contributed by atoms with E-state index >= 15 is 0 Å². The second kappa shape index (κ2) is 3.92. The van der Waals surface area contributed by atoms with E-state index in [4.69, 9.17) is 0 Å². The summed E-state index contributed by atoms with van der Waals surface area (Å²) in [7, 11) is 0. The maximum Gasteiger partial charge on any atom is 0.00886 e. The third-order valence-electron chi connectivity index (χ3n) is 2.30. The molecule has 0 amide bonds. The molecular formula is C10H14ClN. The molecule has 1 saturated heterocycles. The Hall–Kier alpha value is -0.530. The average molecular weight is 184 g/mol. The number of hydrogen-bond acceptors (Lipinski definition) is 1. The van der Waals surface area contributed by atoms with Crippen LogP contribution in [0.25, 0.3) is 0 Å². The molecule has 1 nitrogen and oxygen atoms in total. The second-order valence-electron chi connectivity index (χ2n) is 3.27. The fourth-order valence-corrected chi connectivity index (χ4v) is 1.45. The number of benzene rings is 1. The van der Waals surface area contributed by atoms with Crippen LogP contribution in [0, 0.1) is 6.92 Å². The van der Waals surface area contributed by atoms with Gasteiger partial charge in [-0.1, -0.05) is 29.8 Å². The van der Waals surface area contributed by atoms with Crippen molar-refractivity contribution in [1.82, 2.24) is 5.32 Å². The molecule has 12 heavy (non-hydrogen) atoms. The minimum Gasteiger partial charge on any atom is -0.315 e. The SMILES string of the molecule is Cc1cccc(C2CNC2)c1.Cl. The zero-order chi connectivity index (χ0) is 7.68. The topological polar surface area (TPSA) is 12.0 Å². The van der Waals surface area contributed by atoms with Crippen LogP contribution in [0.3, 0.4) is 0 Å². The molecule has 0 aromatic heterocycles. The van der Waals surface area contributed by atoms with Crippen molar-refractivity contribution in [3.8, 4) is 0 Å². The lowest BCUT2D eigenvalue weighted by atomic mass is 9.93. The summed E-state index contributed by atoms with van der Waals surface area (Å²) in [5, 5.41) is 3.28. The van der Waals surface area contributed by atoms with Crippen molar-refractivity contribution in [2.24, 2.45) is 0 Å². The third-order valence-corrected chi connectivity index (χ3v) is 2.30. The zero-order valence-corrected chi connectivity index (χ0v) is 8.03. The van der Waals surface area contributed by atoms with Crippen LogP contribution >= 0.6 is 12.4 Å². The Balaban J connectivity index is 0.000000720. The lowest BCUT2D eigenvalue weighted by Gasteiger charge is -2.27. The van der Waals surface area contributed by atoms with E-state index < -0.39 is 0 Å². The van der Waals surface area contributed by atoms with Crippen molar-refractivity contribution >= 4 is 12.4 Å². The van der Waals surface area contributed by atoms with E-state index in [1.165, 1.54) is 11.1 Å². The summed E-state index contributed by atoms with van der Waals surface area (Å²) in [4.78, 5) is 0. The molecule has 1 aromatic carbocycles. The van der Waals surface area contributed by atoms with Crippen LogP contribution in [0.1, 0.15) is 17.0 Å². The molecule has 1 aliphatic rings. The minimum absolute atomic E-state index is 0. The van der Waals surface area contributed by atoms with E-state index in [1.807, 2.05) is 0 Å². The summed E-state index contributed by atoms with van der Waals surface area (Å²) >= 11 is 0. The molecule has 0 saturated carbocycles. The van der Waals surface area contributed by atoms with Crippen molar-refractivity contribution in [3.63, 3.8) is 0 Å². The smallest absolute Gasteiger partial charge is 0.00886 e. The van der Waals surface area contributed by atoms with E-state index in [1.54, 1.807) is 0 Å². The normalized spacial score (nSPS) is 16.4. The number of rotatable bonds is 1. The molecular weight excluding hydrogens is 170 g/mol. The van der Waals surface area contributed by atoms with E-state index in [2.05, 4.69) is 36.5 Å². The summed E-state index contributed by atoms with van der Waals surface area (Å²) in [6, 6.07) is 8.79. The summed E-state index contributed by atoms with van der Waals surface area (Å²) in [6.07, 6.45) is 0. The summed E-state index contributed by atoms with van der Waals surface area (Å²) in [5.74, 6) is 0.773. The first-order chi connectivity index (χ1) is 5.36. The van der Waals surface area contributed by atoms with Gasteiger partial charge in [0.15, 0.2) is 0 Å². The largest absolute Gasteiger partial charge is 0.315 e. The van der Waals surface area contributed by atoms with Crippen molar-refractivity contribution < 1.29 is 0 Å². The van der Waals surface area contributed by atoms with Gasteiger partial charge in [0.25, 0.3) is 0 Å². The fourth-order valence-electron chi connectivity index (χ4n) is 1.45. The molecule has 2 rings (SSSR count). The predicted molar refractivity (Wildman–Crippen MR) is 54.0 cm³/mol. The molecule has 1 aromatic rings. The molecule has 0 atom stereocenters. The highest BCUT2D eigenvalue weighted by atomic mass is 35.5. The maximum absolute atomic E-state index is 3.28. The van der Waals surface area contributed by atoms with E-state index in [0.29, 0.717) is 0 Å². The third kappa shape index (κ3) is 1.79. The Labute approximate surface area is 79.6 Å². The van der Waals surface area contributed by atoms with Crippen molar-refractivity contribution in [3.05, 3.63) is 35.4 Å². The first-order valence-corrected chi connectivity index (χ1v) is 4.13. The molecule has 0 unspecified atom stereocenters. The Morgan fingerprint density at radius 1 is 1.33 bits per heavy atom. The Morgan fingerprint density at radius 2 is 2.08 bits per heavy atom. The van der Waals surface area contributed by atoms with Crippen LogP contribution in [-0.2, 0) is 0 Å². The average Bonchev–Trinajstić information content (AvgIpc) is 1.83. The summed E-state index contributed by atoms with van der Waals surface area (Å²) < 4.78 is 0. The standard InChI is InChI=1S/C10H13N.ClH/c1-8-3-2-4-9(5-8)10-6-11-7-10;/h2-5,10-11H,6-7H2,1H3;1H. The lowest BCUT2D eigenvalue weighted by molar-refractivity contribution is 0.448. The first-order valence-electron chi connectivity index (χ1n) is 4.13. The van der Waals surface area contributed by atoms with Gasteiger partial charge in [-0.25, -0.2) is 0 Å². The van der Waals surface area contributed by atoms with Crippen LogP contribution in [-0.4, -0.2) is 13.1 Å². The molecule has 1 heterocycles. The molecule has 0 radical (unpaired) electrons. The second-order valence-corrected chi connectivity index (χ2v) is 3.27. The van der Waals surface area contributed by atoms with Gasteiger partial charge in [0, 0.05) is 19.0 Å². The highest BCUT2D eigenvalue weighted by Gasteiger charge is 2.17. The van der Waals surface area contributed by atoms with Gasteiger partial charge in [0.1, 0.15) is 0 Å². The van der Waals surface area contributed by atoms with Gasteiger partial charge in [0.05, 0.1) is 0 Å². The number of nitrogens with one attached hydrogen (secondary N) is 1. The fraction of sp³-hybridized carbons (Fsp3) is 0.400. The van der Waals surface area contributed by atoms with Gasteiger partial charge in [-0.2, -0.15) is 0 Å². The van der Waals surface area contributed by atoms with Gasteiger partial charge in [-0.3, -0.25) is 0 Å². The van der Waals surface area contributed by atoms with Crippen LogP contribution in [0.5, 0.6) is 0 Å². The van der Waals surface area contributed by atoms with Crippen molar-refractivity contribution in [1.29, 1.82) is 0 Å². The van der Waals surface area contributed by atoms with Crippen LogP contribution in [0.4, 0.5) is 0 Å². The molecule has 2 heteroatoms. The molecule has 1 N–H and O–H groups in total. The number of aryl methyl sites for hydroxylation is 1. The van der Waals surface area contributed by atoms with Crippen molar-refractivity contribution in [2.75, 3.05) is 13.1 Å². The van der Waals surface area contributed by atoms with E-state index in [9.17, 15) is 0 Å². The predicted octanol–water partition coefficient (Wildman–Crippen LogP) is 2.10. The molecule has 1 fully saturated rings. The quantitative estimate of drug-likeness (QED) is 0.703.